The van der Waals surface area contributed by atoms with Crippen LogP contribution in [-0.4, -0.2) is 100 Å². The predicted octanol–water partition coefficient (Wildman–Crippen LogP) is 12.3. The zero-order valence-electron chi connectivity index (χ0n) is 43.8. The number of hydrogen-bond acceptors (Lipinski definition) is 10. The molecule has 1 rings (SSSR count). The maximum absolute atomic E-state index is 13.0. The molecule has 1 aliphatic rings. The third-order valence-electron chi connectivity index (χ3n) is 12.9. The predicted molar refractivity (Wildman–Crippen MR) is 283 cm³/mol. The average molecular weight is 974 g/mol. The first kappa shape index (κ1) is 64.4. The maximum Gasteiger partial charge on any atom is 0.305 e. The van der Waals surface area contributed by atoms with Crippen LogP contribution < -0.4 is 5.32 Å². The molecule has 11 nitrogen and oxygen atoms in total. The van der Waals surface area contributed by atoms with E-state index in [1.54, 1.807) is 6.08 Å². The lowest BCUT2D eigenvalue weighted by atomic mass is 9.99. The lowest BCUT2D eigenvalue weighted by Crippen LogP contribution is -2.60. The van der Waals surface area contributed by atoms with Crippen molar-refractivity contribution in [2.75, 3.05) is 19.8 Å². The molecule has 6 N–H and O–H groups in total. The minimum absolute atomic E-state index is 0.0401. The number of esters is 1. The van der Waals surface area contributed by atoms with Crippen molar-refractivity contribution < 1.29 is 49.3 Å². The van der Waals surface area contributed by atoms with Crippen LogP contribution in [0.25, 0.3) is 0 Å². The van der Waals surface area contributed by atoms with Gasteiger partial charge in [0.15, 0.2) is 6.29 Å². The largest absolute Gasteiger partial charge is 0.466 e. The second kappa shape index (κ2) is 47.7. The molecule has 0 aromatic rings. The standard InChI is InChI=1S/C58H103NO10/c1-3-5-7-9-11-13-15-26-30-34-38-42-46-54(63)67-47-43-39-35-31-27-24-22-20-18-16-17-19-21-23-25-29-33-37-41-45-53(62)59-50(49-68-58-57(66)56(65)55(64)52(48-60)69-58)51(61)44-40-36-32-28-14-12-10-8-6-4-2/h11,13-14,20,22,24,27-28,40,44,50-52,55-58,60-61,64-66H,3-10,12,15-19,21,23,25-26,29-39,41-43,45-49H2,1-2H3,(H,59,62)/b13-11-,22-20-,27-24-,28-14+,44-40+. The summed E-state index contributed by atoms with van der Waals surface area (Å²) in [6.07, 6.45) is 50.3. The topological polar surface area (TPSA) is 175 Å². The Bertz CT molecular complexity index is 1330. The van der Waals surface area contributed by atoms with Crippen molar-refractivity contribution >= 4 is 11.9 Å². The van der Waals surface area contributed by atoms with Crippen LogP contribution in [-0.2, 0) is 23.8 Å². The Morgan fingerprint density at radius 2 is 0.986 bits per heavy atom. The van der Waals surface area contributed by atoms with Gasteiger partial charge in [-0.1, -0.05) is 177 Å². The van der Waals surface area contributed by atoms with Gasteiger partial charge in [-0.15, -0.1) is 0 Å². The van der Waals surface area contributed by atoms with Gasteiger partial charge in [-0.3, -0.25) is 9.59 Å². The minimum Gasteiger partial charge on any atom is -0.466 e. The van der Waals surface area contributed by atoms with Gasteiger partial charge < -0.3 is 45.1 Å². The van der Waals surface area contributed by atoms with Crippen molar-refractivity contribution in [3.63, 3.8) is 0 Å². The van der Waals surface area contributed by atoms with Crippen LogP contribution in [0.15, 0.2) is 60.8 Å². The van der Waals surface area contributed by atoms with Crippen LogP contribution in [0.3, 0.4) is 0 Å². The normalized spacial score (nSPS) is 19.8. The Hall–Kier alpha value is -2.64. The lowest BCUT2D eigenvalue weighted by Gasteiger charge is -2.40. The highest BCUT2D eigenvalue weighted by Crippen LogP contribution is 2.23. The van der Waals surface area contributed by atoms with E-state index in [2.05, 4.69) is 67.8 Å². The van der Waals surface area contributed by atoms with Crippen LogP contribution >= 0.6 is 0 Å². The Labute approximate surface area is 420 Å². The number of rotatable bonds is 47. The van der Waals surface area contributed by atoms with Gasteiger partial charge in [-0.2, -0.15) is 0 Å². The number of aliphatic hydroxyl groups excluding tert-OH is 5. The van der Waals surface area contributed by atoms with Crippen molar-refractivity contribution in [2.24, 2.45) is 0 Å². The molecule has 0 bridgehead atoms. The highest BCUT2D eigenvalue weighted by atomic mass is 16.7. The summed E-state index contributed by atoms with van der Waals surface area (Å²) in [6.45, 7) is 4.20. The van der Waals surface area contributed by atoms with Gasteiger partial charge >= 0.3 is 5.97 Å². The number of unbranched alkanes of at least 4 members (excludes halogenated alkanes) is 26. The summed E-state index contributed by atoms with van der Waals surface area (Å²) >= 11 is 0. The molecular weight excluding hydrogens is 871 g/mol. The number of amides is 1. The van der Waals surface area contributed by atoms with E-state index in [0.29, 0.717) is 19.4 Å². The molecule has 11 heteroatoms. The van der Waals surface area contributed by atoms with E-state index >= 15 is 0 Å². The van der Waals surface area contributed by atoms with Crippen molar-refractivity contribution in [1.82, 2.24) is 5.32 Å². The number of nitrogens with one attached hydrogen (secondary N) is 1. The Kier molecular flexibility index (Phi) is 44.5. The van der Waals surface area contributed by atoms with E-state index in [4.69, 9.17) is 14.2 Å². The van der Waals surface area contributed by atoms with Crippen molar-refractivity contribution in [2.45, 2.75) is 275 Å². The van der Waals surface area contributed by atoms with Crippen LogP contribution in [0, 0.1) is 0 Å². The number of carbonyl (C=O) groups excluding carboxylic acids is 2. The molecule has 0 aromatic heterocycles. The summed E-state index contributed by atoms with van der Waals surface area (Å²) in [5.74, 6) is -0.245. The fourth-order valence-corrected chi connectivity index (χ4v) is 8.32. The van der Waals surface area contributed by atoms with E-state index in [0.717, 1.165) is 89.9 Å². The summed E-state index contributed by atoms with van der Waals surface area (Å²) in [5.41, 5.74) is 0. The average Bonchev–Trinajstić information content (AvgIpc) is 3.34. The third kappa shape index (κ3) is 37.8. The second-order valence-electron chi connectivity index (χ2n) is 19.3. The Morgan fingerprint density at radius 1 is 0.536 bits per heavy atom. The molecular formula is C58H103NO10. The SMILES string of the molecule is CCCCC/C=C\CCCCCCCC(=O)OCCCCC/C=C\C=C/CCCCCCCCCCCCC(=O)NC(COC1OC(CO)C(O)C(O)C1O)C(O)/C=C/CC/C=C/CCCCCC. The molecule has 1 heterocycles. The summed E-state index contributed by atoms with van der Waals surface area (Å²) in [5, 5.41) is 54.1. The molecule has 69 heavy (non-hydrogen) atoms. The maximum atomic E-state index is 13.0. The van der Waals surface area contributed by atoms with Gasteiger partial charge in [0.2, 0.25) is 5.91 Å². The molecule has 1 aliphatic heterocycles. The summed E-state index contributed by atoms with van der Waals surface area (Å²) < 4.78 is 16.6. The van der Waals surface area contributed by atoms with Crippen molar-refractivity contribution in [1.29, 1.82) is 0 Å². The summed E-state index contributed by atoms with van der Waals surface area (Å²) in [4.78, 5) is 25.0. The smallest absolute Gasteiger partial charge is 0.305 e. The number of ether oxygens (including phenoxy) is 3. The first-order valence-corrected chi connectivity index (χ1v) is 28.1. The van der Waals surface area contributed by atoms with Gasteiger partial charge in [0.25, 0.3) is 0 Å². The van der Waals surface area contributed by atoms with E-state index in [-0.39, 0.29) is 18.5 Å². The Morgan fingerprint density at radius 3 is 1.55 bits per heavy atom. The Balaban J connectivity index is 2.11. The monoisotopic (exact) mass is 974 g/mol. The summed E-state index contributed by atoms with van der Waals surface area (Å²) in [7, 11) is 0. The molecule has 1 fully saturated rings. The molecule has 400 valence electrons. The van der Waals surface area contributed by atoms with Gasteiger partial charge in [0, 0.05) is 12.8 Å². The number of carbonyl (C=O) groups is 2. The first-order valence-electron chi connectivity index (χ1n) is 28.1. The quantitative estimate of drug-likeness (QED) is 0.0149. The van der Waals surface area contributed by atoms with Gasteiger partial charge in [-0.25, -0.2) is 0 Å². The van der Waals surface area contributed by atoms with Gasteiger partial charge in [-0.05, 0) is 103 Å². The molecule has 0 aliphatic carbocycles. The summed E-state index contributed by atoms with van der Waals surface area (Å²) in [6, 6.07) is -0.835. The van der Waals surface area contributed by atoms with E-state index in [1.165, 1.54) is 116 Å². The minimum atomic E-state index is -1.58. The fraction of sp³-hybridized carbons (Fsp3) is 0.793. The van der Waals surface area contributed by atoms with Gasteiger partial charge in [0.05, 0.1) is 32.0 Å². The lowest BCUT2D eigenvalue weighted by molar-refractivity contribution is -0.302. The zero-order valence-corrected chi connectivity index (χ0v) is 43.8. The zero-order chi connectivity index (χ0) is 50.3. The van der Waals surface area contributed by atoms with Crippen LogP contribution in [0.1, 0.15) is 232 Å². The number of allylic oxidation sites excluding steroid dienone is 9. The molecule has 0 saturated carbocycles. The first-order chi connectivity index (χ1) is 33.7. The molecule has 0 spiro atoms. The number of aliphatic hydroxyl groups is 5. The third-order valence-corrected chi connectivity index (χ3v) is 12.9. The molecule has 7 unspecified atom stereocenters. The van der Waals surface area contributed by atoms with Gasteiger partial charge in [0.1, 0.15) is 24.4 Å². The molecule has 1 amide bonds. The molecule has 0 radical (unpaired) electrons. The highest BCUT2D eigenvalue weighted by molar-refractivity contribution is 5.76. The van der Waals surface area contributed by atoms with E-state index in [1.807, 2.05) is 6.08 Å². The second-order valence-corrected chi connectivity index (χ2v) is 19.3. The highest BCUT2D eigenvalue weighted by Gasteiger charge is 2.44. The van der Waals surface area contributed by atoms with E-state index in [9.17, 15) is 35.1 Å². The van der Waals surface area contributed by atoms with Crippen molar-refractivity contribution in [3.8, 4) is 0 Å². The number of hydrogen-bond donors (Lipinski definition) is 6. The van der Waals surface area contributed by atoms with Crippen LogP contribution in [0.5, 0.6) is 0 Å². The molecule has 0 aromatic carbocycles. The van der Waals surface area contributed by atoms with E-state index < -0.39 is 49.5 Å². The van der Waals surface area contributed by atoms with Crippen LogP contribution in [0.4, 0.5) is 0 Å². The van der Waals surface area contributed by atoms with Crippen molar-refractivity contribution in [3.05, 3.63) is 60.8 Å². The molecule has 1 saturated heterocycles. The van der Waals surface area contributed by atoms with Crippen LogP contribution in [0.2, 0.25) is 0 Å². The molecule has 7 atom stereocenters. The fourth-order valence-electron chi connectivity index (χ4n) is 8.32.